The van der Waals surface area contributed by atoms with Gasteiger partial charge in [0.2, 0.25) is 0 Å². The fourth-order valence-corrected chi connectivity index (χ4v) is 4.85. The van der Waals surface area contributed by atoms with Gasteiger partial charge in [-0.05, 0) is 48.0 Å². The van der Waals surface area contributed by atoms with Gasteiger partial charge in [0.1, 0.15) is 18.2 Å². The molecule has 0 amide bonds. The third kappa shape index (κ3) is 3.77. The second kappa shape index (κ2) is 7.73. The Hall–Kier alpha value is -3.21. The van der Waals surface area contributed by atoms with Crippen molar-refractivity contribution in [2.24, 2.45) is 0 Å². The first-order chi connectivity index (χ1) is 15.0. The van der Waals surface area contributed by atoms with Gasteiger partial charge in [-0.15, -0.1) is 0 Å². The normalized spacial score (nSPS) is 14.1. The molecule has 168 valence electrons. The summed E-state index contributed by atoms with van der Waals surface area (Å²) in [5, 5.41) is 0. The number of hydrogen-bond donors (Lipinski definition) is 0. The Balaban J connectivity index is 1.84. The van der Waals surface area contributed by atoms with Crippen LogP contribution in [-0.2, 0) is 16.2 Å². The maximum atomic E-state index is 14.2. The maximum absolute atomic E-state index is 14.2. The van der Waals surface area contributed by atoms with E-state index in [4.69, 9.17) is 4.74 Å². The molecular formula is C21H13F6NO3S. The van der Waals surface area contributed by atoms with Gasteiger partial charge in [-0.25, -0.2) is 21.6 Å². The Morgan fingerprint density at radius 1 is 0.906 bits per heavy atom. The van der Waals surface area contributed by atoms with Crippen molar-refractivity contribution in [3.05, 3.63) is 77.6 Å². The van der Waals surface area contributed by atoms with Crippen LogP contribution in [0.4, 0.5) is 32.0 Å². The largest absolute Gasteiger partial charge is 0.489 e. The summed E-state index contributed by atoms with van der Waals surface area (Å²) in [5.41, 5.74) is -2.18. The molecule has 3 aromatic rings. The molecule has 3 aromatic carbocycles. The number of benzene rings is 3. The number of rotatable bonds is 3. The first-order valence-electron chi connectivity index (χ1n) is 9.11. The van der Waals surface area contributed by atoms with Crippen molar-refractivity contribution >= 4 is 15.7 Å². The number of nitrogens with zero attached hydrogens (tertiary/aromatic N) is 1. The van der Waals surface area contributed by atoms with Crippen LogP contribution in [0.1, 0.15) is 5.56 Å². The van der Waals surface area contributed by atoms with Crippen LogP contribution in [0, 0.1) is 17.5 Å². The lowest BCUT2D eigenvalue weighted by Crippen LogP contribution is -2.38. The van der Waals surface area contributed by atoms with Gasteiger partial charge in [0.25, 0.3) is 10.0 Å². The monoisotopic (exact) mass is 473 g/mol. The Labute approximate surface area is 178 Å². The van der Waals surface area contributed by atoms with E-state index in [9.17, 15) is 34.8 Å². The maximum Gasteiger partial charge on any atom is 0.416 e. The predicted octanol–water partition coefficient (Wildman–Crippen LogP) is 5.38. The third-order valence-electron chi connectivity index (χ3n) is 4.86. The Morgan fingerprint density at radius 3 is 2.34 bits per heavy atom. The smallest absolute Gasteiger partial charge is 0.416 e. The summed E-state index contributed by atoms with van der Waals surface area (Å²) in [6.45, 7) is -0.365. The molecule has 32 heavy (non-hydrogen) atoms. The fraction of sp³-hybridized carbons (Fsp3) is 0.143. The van der Waals surface area contributed by atoms with Crippen LogP contribution < -0.4 is 9.04 Å². The standard InChI is InChI=1S/C21H13F6NO3S/c22-15-5-6-16(23)20(24)19(15)12-4-7-18-17(10-12)28(8-9-31-18)32(29,30)14-3-1-2-13(11-14)21(25,26)27/h1-7,10-11H,8-9H2. The molecule has 0 N–H and O–H groups in total. The first-order valence-corrected chi connectivity index (χ1v) is 10.5. The highest BCUT2D eigenvalue weighted by Gasteiger charge is 2.35. The minimum atomic E-state index is -4.76. The van der Waals surface area contributed by atoms with Crippen molar-refractivity contribution in [3.63, 3.8) is 0 Å². The van der Waals surface area contributed by atoms with Gasteiger partial charge in [-0.2, -0.15) is 13.2 Å². The van der Waals surface area contributed by atoms with Crippen LogP contribution in [0.5, 0.6) is 5.75 Å². The summed E-state index contributed by atoms with van der Waals surface area (Å²) in [4.78, 5) is -0.617. The number of fused-ring (bicyclic) bond motifs is 1. The molecule has 1 heterocycles. The zero-order valence-corrected chi connectivity index (χ0v) is 16.8. The van der Waals surface area contributed by atoms with E-state index in [-0.39, 0.29) is 30.2 Å². The summed E-state index contributed by atoms with van der Waals surface area (Å²) < 4.78 is 114. The van der Waals surface area contributed by atoms with E-state index in [1.807, 2.05) is 0 Å². The molecular weight excluding hydrogens is 460 g/mol. The predicted molar refractivity (Wildman–Crippen MR) is 103 cm³/mol. The van der Waals surface area contributed by atoms with Crippen molar-refractivity contribution in [1.82, 2.24) is 0 Å². The molecule has 0 radical (unpaired) electrons. The van der Waals surface area contributed by atoms with Crippen molar-refractivity contribution in [2.75, 3.05) is 17.5 Å². The molecule has 1 aliphatic heterocycles. The van der Waals surface area contributed by atoms with E-state index < -0.39 is 49.7 Å². The minimum absolute atomic E-state index is 0.0350. The van der Waals surface area contributed by atoms with Gasteiger partial charge in [0.15, 0.2) is 11.6 Å². The molecule has 0 saturated heterocycles. The highest BCUT2D eigenvalue weighted by Crippen LogP contribution is 2.40. The van der Waals surface area contributed by atoms with Gasteiger partial charge in [-0.1, -0.05) is 12.1 Å². The van der Waals surface area contributed by atoms with E-state index in [0.717, 1.165) is 34.6 Å². The molecule has 0 aromatic heterocycles. The van der Waals surface area contributed by atoms with Crippen LogP contribution in [0.25, 0.3) is 11.1 Å². The Kier molecular flexibility index (Phi) is 5.32. The van der Waals surface area contributed by atoms with E-state index in [1.54, 1.807) is 0 Å². The quantitative estimate of drug-likeness (QED) is 0.379. The minimum Gasteiger partial charge on any atom is -0.489 e. The van der Waals surface area contributed by atoms with Crippen molar-refractivity contribution in [2.45, 2.75) is 11.1 Å². The van der Waals surface area contributed by atoms with Gasteiger partial charge in [0, 0.05) is 0 Å². The number of ether oxygens (including phenoxy) is 1. The van der Waals surface area contributed by atoms with Crippen LogP contribution in [0.15, 0.2) is 59.5 Å². The molecule has 0 saturated carbocycles. The molecule has 4 nitrogen and oxygen atoms in total. The molecule has 0 unspecified atom stereocenters. The van der Waals surface area contributed by atoms with Gasteiger partial charge < -0.3 is 4.74 Å². The second-order valence-electron chi connectivity index (χ2n) is 6.85. The molecule has 4 rings (SSSR count). The van der Waals surface area contributed by atoms with E-state index in [1.165, 1.54) is 12.1 Å². The van der Waals surface area contributed by atoms with Crippen LogP contribution in [0.2, 0.25) is 0 Å². The summed E-state index contributed by atoms with van der Waals surface area (Å²) >= 11 is 0. The van der Waals surface area contributed by atoms with Crippen LogP contribution in [-0.4, -0.2) is 21.6 Å². The van der Waals surface area contributed by atoms with Gasteiger partial charge in [0.05, 0.1) is 28.3 Å². The zero-order valence-electron chi connectivity index (χ0n) is 16.0. The third-order valence-corrected chi connectivity index (χ3v) is 6.67. The van der Waals surface area contributed by atoms with Crippen molar-refractivity contribution in [1.29, 1.82) is 0 Å². The second-order valence-corrected chi connectivity index (χ2v) is 8.71. The lowest BCUT2D eigenvalue weighted by Gasteiger charge is -2.31. The van der Waals surface area contributed by atoms with Crippen molar-refractivity contribution < 1.29 is 39.5 Å². The Bertz CT molecular complexity index is 1310. The summed E-state index contributed by atoms with van der Waals surface area (Å²) in [5.74, 6) is -3.81. The van der Waals surface area contributed by atoms with Gasteiger partial charge in [-0.3, -0.25) is 4.31 Å². The summed E-state index contributed by atoms with van der Waals surface area (Å²) in [7, 11) is -4.49. The number of anilines is 1. The number of hydrogen-bond acceptors (Lipinski definition) is 3. The zero-order chi connectivity index (χ0) is 23.3. The lowest BCUT2D eigenvalue weighted by molar-refractivity contribution is -0.137. The number of halogens is 6. The molecule has 11 heteroatoms. The lowest BCUT2D eigenvalue weighted by atomic mass is 10.0. The highest BCUT2D eigenvalue weighted by atomic mass is 32.2. The highest BCUT2D eigenvalue weighted by molar-refractivity contribution is 7.92. The summed E-state index contributed by atoms with van der Waals surface area (Å²) in [6.07, 6.45) is -4.76. The molecule has 0 aliphatic carbocycles. The van der Waals surface area contributed by atoms with Crippen LogP contribution >= 0.6 is 0 Å². The summed E-state index contributed by atoms with van der Waals surface area (Å²) in [6, 6.07) is 8.10. The topological polar surface area (TPSA) is 46.6 Å². The number of sulfonamides is 1. The fourth-order valence-electron chi connectivity index (χ4n) is 3.35. The van der Waals surface area contributed by atoms with E-state index >= 15 is 0 Å². The van der Waals surface area contributed by atoms with E-state index in [0.29, 0.717) is 12.1 Å². The van der Waals surface area contributed by atoms with Crippen LogP contribution in [0.3, 0.4) is 0 Å². The average Bonchev–Trinajstić information content (AvgIpc) is 2.75. The van der Waals surface area contributed by atoms with E-state index in [2.05, 4.69) is 0 Å². The Morgan fingerprint density at radius 2 is 1.62 bits per heavy atom. The molecule has 0 atom stereocenters. The van der Waals surface area contributed by atoms with Crippen molar-refractivity contribution in [3.8, 4) is 16.9 Å². The molecule has 0 bridgehead atoms. The first kappa shape index (κ1) is 22.0. The molecule has 0 fully saturated rings. The number of alkyl halides is 3. The molecule has 1 aliphatic rings. The SMILES string of the molecule is O=S(=O)(c1cccc(C(F)(F)F)c1)N1CCOc2ccc(-c3c(F)ccc(F)c3F)cc21. The van der Waals surface area contributed by atoms with Gasteiger partial charge >= 0.3 is 6.18 Å². The average molecular weight is 473 g/mol. The molecule has 0 spiro atoms.